The zero-order valence-corrected chi connectivity index (χ0v) is 8.34. The van der Waals surface area contributed by atoms with E-state index in [9.17, 15) is 9.59 Å². The molecule has 6 heteroatoms. The number of benzene rings is 1. The summed E-state index contributed by atoms with van der Waals surface area (Å²) in [5.41, 5.74) is 0.475. The summed E-state index contributed by atoms with van der Waals surface area (Å²) in [5.74, 6) is -1.02. The molecule has 1 aromatic rings. The normalized spacial score (nSPS) is 9.62. The Hall–Kier alpha value is -1.92. The monoisotopic (exact) mass is 225 g/mol. The lowest BCUT2D eigenvalue weighted by molar-refractivity contribution is -0.137. The molecule has 0 atom stereocenters. The molecule has 0 saturated heterocycles. The lowest BCUT2D eigenvalue weighted by atomic mass is 10.3. The zero-order valence-electron chi connectivity index (χ0n) is 8.34. The van der Waals surface area contributed by atoms with Crippen LogP contribution in [0.15, 0.2) is 24.3 Å². The van der Waals surface area contributed by atoms with Crippen molar-refractivity contribution >= 4 is 17.6 Å². The molecular formula is C10H11NO5. The lowest BCUT2D eigenvalue weighted by Gasteiger charge is -2.05. The van der Waals surface area contributed by atoms with Gasteiger partial charge in [-0.1, -0.05) is 0 Å². The Morgan fingerprint density at radius 3 is 2.25 bits per heavy atom. The highest BCUT2D eigenvalue weighted by Gasteiger charge is 2.03. The average Bonchev–Trinajstić information content (AvgIpc) is 2.31. The largest absolute Gasteiger partial charge is 0.425 e. The fraction of sp³-hybridized carbons (Fsp3) is 0.200. The number of ether oxygens (including phenoxy) is 1. The van der Waals surface area contributed by atoms with Gasteiger partial charge in [0.2, 0.25) is 5.91 Å². The predicted octanol–water partition coefficient (Wildman–Crippen LogP) is -0.485. The summed E-state index contributed by atoms with van der Waals surface area (Å²) in [6, 6.07) is 5.93. The second-order valence-electron chi connectivity index (χ2n) is 2.86. The number of aliphatic hydroxyl groups excluding tert-OH is 2. The summed E-state index contributed by atoms with van der Waals surface area (Å²) in [6.07, 6.45) is 0. The Bertz CT molecular complexity index is 336. The molecule has 0 heterocycles. The van der Waals surface area contributed by atoms with Gasteiger partial charge in [-0.2, -0.15) is 0 Å². The Labute approximate surface area is 91.5 Å². The summed E-state index contributed by atoms with van der Waals surface area (Å²) < 4.78 is 4.70. The van der Waals surface area contributed by atoms with Gasteiger partial charge in [-0.25, -0.2) is 4.79 Å². The van der Waals surface area contributed by atoms with Crippen LogP contribution in [0, 0.1) is 0 Å². The SMILES string of the molecule is O=C(CO)Nc1ccc(OC(=O)CO)cc1. The molecule has 1 rings (SSSR count). The maximum absolute atomic E-state index is 10.8. The first-order valence-electron chi connectivity index (χ1n) is 4.48. The first-order chi connectivity index (χ1) is 7.65. The van der Waals surface area contributed by atoms with Crippen molar-refractivity contribution in [2.24, 2.45) is 0 Å². The molecular weight excluding hydrogens is 214 g/mol. The minimum atomic E-state index is -0.757. The zero-order chi connectivity index (χ0) is 12.0. The predicted molar refractivity (Wildman–Crippen MR) is 54.9 cm³/mol. The van der Waals surface area contributed by atoms with E-state index < -0.39 is 25.1 Å². The van der Waals surface area contributed by atoms with Crippen LogP contribution in [-0.4, -0.2) is 35.3 Å². The fourth-order valence-corrected chi connectivity index (χ4v) is 0.971. The molecule has 0 bridgehead atoms. The first-order valence-corrected chi connectivity index (χ1v) is 4.48. The van der Waals surface area contributed by atoms with E-state index in [2.05, 4.69) is 5.32 Å². The Kier molecular flexibility index (Phi) is 4.43. The van der Waals surface area contributed by atoms with Gasteiger partial charge in [0.1, 0.15) is 19.0 Å². The summed E-state index contributed by atoms with van der Waals surface area (Å²) in [4.78, 5) is 21.5. The van der Waals surface area contributed by atoms with Gasteiger partial charge < -0.3 is 20.3 Å². The van der Waals surface area contributed by atoms with Crippen molar-refractivity contribution in [1.29, 1.82) is 0 Å². The molecule has 0 aromatic heterocycles. The Morgan fingerprint density at radius 1 is 1.12 bits per heavy atom. The molecule has 0 unspecified atom stereocenters. The number of amides is 1. The summed E-state index contributed by atoms with van der Waals surface area (Å²) in [5, 5.41) is 19.3. The molecule has 0 aliphatic rings. The van der Waals surface area contributed by atoms with Crippen LogP contribution >= 0.6 is 0 Å². The number of esters is 1. The minimum Gasteiger partial charge on any atom is -0.425 e. The number of nitrogens with one attached hydrogen (secondary N) is 1. The molecule has 1 aromatic carbocycles. The number of carbonyl (C=O) groups excluding carboxylic acids is 2. The van der Waals surface area contributed by atoms with Crippen molar-refractivity contribution in [3.05, 3.63) is 24.3 Å². The summed E-state index contributed by atoms with van der Waals surface area (Å²) in [7, 11) is 0. The van der Waals surface area contributed by atoms with Crippen LogP contribution in [0.3, 0.4) is 0 Å². The second-order valence-corrected chi connectivity index (χ2v) is 2.86. The molecule has 0 aliphatic heterocycles. The second kappa shape index (κ2) is 5.84. The van der Waals surface area contributed by atoms with E-state index in [1.165, 1.54) is 24.3 Å². The van der Waals surface area contributed by atoms with Gasteiger partial charge in [-0.05, 0) is 24.3 Å². The van der Waals surface area contributed by atoms with E-state index in [1.807, 2.05) is 0 Å². The molecule has 86 valence electrons. The van der Waals surface area contributed by atoms with Crippen LogP contribution in [0.4, 0.5) is 5.69 Å². The van der Waals surface area contributed by atoms with Gasteiger partial charge in [-0.15, -0.1) is 0 Å². The number of rotatable bonds is 4. The highest BCUT2D eigenvalue weighted by molar-refractivity contribution is 5.91. The van der Waals surface area contributed by atoms with Crippen molar-refractivity contribution < 1.29 is 24.5 Å². The maximum atomic E-state index is 10.8. The van der Waals surface area contributed by atoms with E-state index in [4.69, 9.17) is 14.9 Å². The molecule has 1 amide bonds. The Morgan fingerprint density at radius 2 is 1.75 bits per heavy atom. The van der Waals surface area contributed by atoms with E-state index in [-0.39, 0.29) is 5.75 Å². The standard InChI is InChI=1S/C10H11NO5/c12-5-9(14)11-7-1-3-8(4-2-7)16-10(15)6-13/h1-4,12-13H,5-6H2,(H,11,14). The van der Waals surface area contributed by atoms with Crippen molar-refractivity contribution in [3.8, 4) is 5.75 Å². The van der Waals surface area contributed by atoms with Gasteiger partial charge >= 0.3 is 5.97 Å². The van der Waals surface area contributed by atoms with Crippen molar-refractivity contribution in [2.75, 3.05) is 18.5 Å². The smallest absolute Gasteiger partial charge is 0.337 e. The van der Waals surface area contributed by atoms with E-state index in [0.717, 1.165) is 0 Å². The van der Waals surface area contributed by atoms with Crippen molar-refractivity contribution in [1.82, 2.24) is 0 Å². The van der Waals surface area contributed by atoms with Crippen molar-refractivity contribution in [2.45, 2.75) is 0 Å². The molecule has 6 nitrogen and oxygen atoms in total. The highest BCUT2D eigenvalue weighted by Crippen LogP contribution is 2.15. The van der Waals surface area contributed by atoms with E-state index >= 15 is 0 Å². The molecule has 16 heavy (non-hydrogen) atoms. The van der Waals surface area contributed by atoms with Crippen LogP contribution in [0.25, 0.3) is 0 Å². The van der Waals surface area contributed by atoms with Crippen LogP contribution in [0.1, 0.15) is 0 Å². The third-order valence-corrected chi connectivity index (χ3v) is 1.64. The Balaban J connectivity index is 2.60. The molecule has 0 saturated carbocycles. The maximum Gasteiger partial charge on any atom is 0.337 e. The van der Waals surface area contributed by atoms with Crippen LogP contribution in [0.2, 0.25) is 0 Å². The summed E-state index contributed by atoms with van der Waals surface area (Å²) in [6.45, 7) is -1.29. The van der Waals surface area contributed by atoms with Gasteiger partial charge in [0, 0.05) is 5.69 Å². The summed E-state index contributed by atoms with van der Waals surface area (Å²) >= 11 is 0. The molecule has 0 spiro atoms. The number of aliphatic hydroxyl groups is 2. The highest BCUT2D eigenvalue weighted by atomic mass is 16.5. The number of hydrogen-bond acceptors (Lipinski definition) is 5. The van der Waals surface area contributed by atoms with Gasteiger partial charge in [-0.3, -0.25) is 4.79 Å². The molecule has 0 radical (unpaired) electrons. The lowest BCUT2D eigenvalue weighted by Crippen LogP contribution is -2.15. The van der Waals surface area contributed by atoms with Gasteiger partial charge in [0.25, 0.3) is 0 Å². The third-order valence-electron chi connectivity index (χ3n) is 1.64. The van der Waals surface area contributed by atoms with Crippen LogP contribution in [-0.2, 0) is 9.59 Å². The number of hydrogen-bond donors (Lipinski definition) is 3. The third kappa shape index (κ3) is 3.68. The first kappa shape index (κ1) is 12.2. The molecule has 0 aliphatic carbocycles. The minimum absolute atomic E-state index is 0.265. The molecule has 0 fully saturated rings. The van der Waals surface area contributed by atoms with Crippen LogP contribution in [0.5, 0.6) is 5.75 Å². The fourth-order valence-electron chi connectivity index (χ4n) is 0.971. The topological polar surface area (TPSA) is 95.9 Å². The quantitative estimate of drug-likeness (QED) is 0.475. The van der Waals surface area contributed by atoms with E-state index in [1.54, 1.807) is 0 Å². The van der Waals surface area contributed by atoms with Crippen LogP contribution < -0.4 is 10.1 Å². The van der Waals surface area contributed by atoms with Gasteiger partial charge in [0.15, 0.2) is 0 Å². The number of carbonyl (C=O) groups is 2. The van der Waals surface area contributed by atoms with Crippen molar-refractivity contribution in [3.63, 3.8) is 0 Å². The van der Waals surface area contributed by atoms with E-state index in [0.29, 0.717) is 5.69 Å². The van der Waals surface area contributed by atoms with Gasteiger partial charge in [0.05, 0.1) is 0 Å². The molecule has 3 N–H and O–H groups in total. The average molecular weight is 225 g/mol. The number of anilines is 1.